The van der Waals surface area contributed by atoms with Crippen LogP contribution in [0.3, 0.4) is 0 Å². The number of nitrogens with zero attached hydrogens (tertiary/aromatic N) is 2. The van der Waals surface area contributed by atoms with Gasteiger partial charge < -0.3 is 20.1 Å². The summed E-state index contributed by atoms with van der Waals surface area (Å²) in [7, 11) is 1.59. The van der Waals surface area contributed by atoms with Gasteiger partial charge in [-0.2, -0.15) is 0 Å². The summed E-state index contributed by atoms with van der Waals surface area (Å²) in [6.07, 6.45) is 1.65. The van der Waals surface area contributed by atoms with Crippen LogP contribution < -0.4 is 15.4 Å². The number of pyridine rings is 1. The third-order valence-electron chi connectivity index (χ3n) is 2.44. The van der Waals surface area contributed by atoms with Crippen LogP contribution in [0, 0.1) is 0 Å². The lowest BCUT2D eigenvalue weighted by Gasteiger charge is -2.28. The number of anilines is 2. The number of ether oxygens (including phenoxy) is 2. The van der Waals surface area contributed by atoms with Gasteiger partial charge in [-0.15, -0.1) is 0 Å². The maximum atomic E-state index is 5.82. The minimum atomic E-state index is 0.618. The molecule has 0 radical (unpaired) electrons. The number of hydrogen-bond donors (Lipinski definition) is 1. The molecule has 0 amide bonds. The van der Waals surface area contributed by atoms with Gasteiger partial charge in [-0.25, -0.2) is 4.98 Å². The van der Waals surface area contributed by atoms with Gasteiger partial charge in [0.2, 0.25) is 0 Å². The molecule has 0 bridgehead atoms. The van der Waals surface area contributed by atoms with E-state index in [1.165, 1.54) is 0 Å². The Morgan fingerprint density at radius 3 is 2.80 bits per heavy atom. The van der Waals surface area contributed by atoms with Crippen LogP contribution >= 0.6 is 0 Å². The van der Waals surface area contributed by atoms with Crippen molar-refractivity contribution in [3.05, 3.63) is 12.3 Å². The van der Waals surface area contributed by atoms with Gasteiger partial charge in [-0.1, -0.05) is 0 Å². The second-order valence-electron chi connectivity index (χ2n) is 3.38. The van der Waals surface area contributed by atoms with Crippen molar-refractivity contribution in [2.45, 2.75) is 0 Å². The van der Waals surface area contributed by atoms with E-state index in [4.69, 9.17) is 15.2 Å². The summed E-state index contributed by atoms with van der Waals surface area (Å²) in [4.78, 5) is 6.45. The molecule has 1 aromatic heterocycles. The van der Waals surface area contributed by atoms with Crippen molar-refractivity contribution in [1.82, 2.24) is 4.98 Å². The molecule has 15 heavy (non-hydrogen) atoms. The number of morpholine rings is 1. The first-order chi connectivity index (χ1) is 7.31. The molecule has 1 aliphatic heterocycles. The quantitative estimate of drug-likeness (QED) is 0.769. The van der Waals surface area contributed by atoms with Crippen LogP contribution in [0.25, 0.3) is 0 Å². The van der Waals surface area contributed by atoms with Crippen molar-refractivity contribution in [3.63, 3.8) is 0 Å². The van der Waals surface area contributed by atoms with E-state index < -0.39 is 0 Å². The van der Waals surface area contributed by atoms with Crippen molar-refractivity contribution >= 4 is 11.5 Å². The topological polar surface area (TPSA) is 60.6 Å². The molecule has 1 aliphatic rings. The summed E-state index contributed by atoms with van der Waals surface area (Å²) in [6.45, 7) is 3.21. The van der Waals surface area contributed by atoms with E-state index in [1.807, 2.05) is 6.07 Å². The highest BCUT2D eigenvalue weighted by atomic mass is 16.5. The molecular weight excluding hydrogens is 194 g/mol. The Hall–Kier alpha value is -1.49. The Balaban J connectivity index is 2.17. The molecular formula is C10H15N3O2. The zero-order valence-electron chi connectivity index (χ0n) is 8.77. The van der Waals surface area contributed by atoms with Crippen LogP contribution in [0.4, 0.5) is 11.5 Å². The van der Waals surface area contributed by atoms with Gasteiger partial charge in [-0.05, 0) is 0 Å². The second-order valence-corrected chi connectivity index (χ2v) is 3.38. The summed E-state index contributed by atoms with van der Waals surface area (Å²) in [5.41, 5.74) is 6.44. The summed E-state index contributed by atoms with van der Waals surface area (Å²) in [5, 5.41) is 0. The van der Waals surface area contributed by atoms with Crippen LogP contribution in [0.5, 0.6) is 5.75 Å². The molecule has 0 atom stereocenters. The fourth-order valence-corrected chi connectivity index (χ4v) is 1.58. The first-order valence-corrected chi connectivity index (χ1v) is 4.93. The zero-order valence-corrected chi connectivity index (χ0v) is 8.77. The predicted octanol–water partition coefficient (Wildman–Crippen LogP) is 0.509. The molecule has 5 nitrogen and oxygen atoms in total. The van der Waals surface area contributed by atoms with E-state index in [0.29, 0.717) is 11.4 Å². The molecule has 2 N–H and O–H groups in total. The number of nitrogens with two attached hydrogens (primary N) is 1. The van der Waals surface area contributed by atoms with Crippen molar-refractivity contribution in [2.75, 3.05) is 44.0 Å². The highest BCUT2D eigenvalue weighted by molar-refractivity contribution is 5.58. The number of aromatic nitrogens is 1. The molecule has 1 saturated heterocycles. The first-order valence-electron chi connectivity index (χ1n) is 4.93. The van der Waals surface area contributed by atoms with E-state index >= 15 is 0 Å². The fourth-order valence-electron chi connectivity index (χ4n) is 1.58. The van der Waals surface area contributed by atoms with E-state index in [-0.39, 0.29) is 0 Å². The van der Waals surface area contributed by atoms with Crippen molar-refractivity contribution < 1.29 is 9.47 Å². The molecule has 1 fully saturated rings. The minimum absolute atomic E-state index is 0.618. The maximum absolute atomic E-state index is 5.82. The Kier molecular flexibility index (Phi) is 2.91. The second kappa shape index (κ2) is 4.35. The lowest BCUT2D eigenvalue weighted by atomic mass is 10.3. The van der Waals surface area contributed by atoms with Gasteiger partial charge in [0.25, 0.3) is 0 Å². The van der Waals surface area contributed by atoms with E-state index in [9.17, 15) is 0 Å². The molecule has 0 aromatic carbocycles. The summed E-state index contributed by atoms with van der Waals surface area (Å²) < 4.78 is 10.3. The lowest BCUT2D eigenvalue weighted by Crippen LogP contribution is -2.36. The SMILES string of the molecule is COc1cnc(N2CCOCC2)cc1N. The summed E-state index contributed by atoms with van der Waals surface area (Å²) in [5.74, 6) is 1.50. The third-order valence-corrected chi connectivity index (χ3v) is 2.44. The molecule has 0 saturated carbocycles. The lowest BCUT2D eigenvalue weighted by molar-refractivity contribution is 0.122. The van der Waals surface area contributed by atoms with Crippen molar-refractivity contribution in [1.29, 1.82) is 0 Å². The standard InChI is InChI=1S/C10H15N3O2/c1-14-9-7-12-10(6-8(9)11)13-2-4-15-5-3-13/h6-7H,2-5H2,1H3,(H2,11,12). The maximum Gasteiger partial charge on any atom is 0.160 e. The minimum Gasteiger partial charge on any atom is -0.493 e. The van der Waals surface area contributed by atoms with Gasteiger partial charge in [-0.3, -0.25) is 0 Å². The Morgan fingerprint density at radius 2 is 2.20 bits per heavy atom. The van der Waals surface area contributed by atoms with E-state index in [0.717, 1.165) is 32.1 Å². The molecule has 5 heteroatoms. The molecule has 1 aromatic rings. The van der Waals surface area contributed by atoms with Gasteiger partial charge >= 0.3 is 0 Å². The monoisotopic (exact) mass is 209 g/mol. The van der Waals surface area contributed by atoms with Crippen LogP contribution in [-0.4, -0.2) is 38.4 Å². The zero-order chi connectivity index (χ0) is 10.7. The summed E-state index contributed by atoms with van der Waals surface area (Å²) in [6, 6.07) is 1.84. The third kappa shape index (κ3) is 2.12. The molecule has 2 rings (SSSR count). The fraction of sp³-hybridized carbons (Fsp3) is 0.500. The average Bonchev–Trinajstić information content (AvgIpc) is 2.30. The number of rotatable bonds is 2. The Labute approximate surface area is 88.8 Å². The van der Waals surface area contributed by atoms with Crippen LogP contribution in [0.15, 0.2) is 12.3 Å². The molecule has 0 unspecified atom stereocenters. The van der Waals surface area contributed by atoms with Crippen molar-refractivity contribution in [2.24, 2.45) is 0 Å². The molecule has 2 heterocycles. The van der Waals surface area contributed by atoms with Gasteiger partial charge in [0, 0.05) is 19.2 Å². The summed E-state index contributed by atoms with van der Waals surface area (Å²) >= 11 is 0. The number of methoxy groups -OCH3 is 1. The van der Waals surface area contributed by atoms with Crippen LogP contribution in [0.1, 0.15) is 0 Å². The predicted molar refractivity (Wildman–Crippen MR) is 58.2 cm³/mol. The molecule has 0 aliphatic carbocycles. The molecule has 82 valence electrons. The first kappa shape index (κ1) is 10.0. The average molecular weight is 209 g/mol. The highest BCUT2D eigenvalue weighted by Gasteiger charge is 2.13. The van der Waals surface area contributed by atoms with Crippen molar-refractivity contribution in [3.8, 4) is 5.75 Å². The Bertz CT molecular complexity index is 337. The smallest absolute Gasteiger partial charge is 0.160 e. The van der Waals surface area contributed by atoms with Gasteiger partial charge in [0.1, 0.15) is 5.82 Å². The van der Waals surface area contributed by atoms with Gasteiger partial charge in [0.05, 0.1) is 32.2 Å². The normalized spacial score (nSPS) is 16.5. The van der Waals surface area contributed by atoms with Crippen LogP contribution in [-0.2, 0) is 4.74 Å². The van der Waals surface area contributed by atoms with E-state index in [1.54, 1.807) is 13.3 Å². The highest BCUT2D eigenvalue weighted by Crippen LogP contribution is 2.24. The molecule has 0 spiro atoms. The largest absolute Gasteiger partial charge is 0.493 e. The number of nitrogen functional groups attached to an aromatic ring is 1. The number of hydrogen-bond acceptors (Lipinski definition) is 5. The van der Waals surface area contributed by atoms with Crippen LogP contribution in [0.2, 0.25) is 0 Å². The Morgan fingerprint density at radius 1 is 1.47 bits per heavy atom. The van der Waals surface area contributed by atoms with E-state index in [2.05, 4.69) is 9.88 Å². The van der Waals surface area contributed by atoms with Gasteiger partial charge in [0.15, 0.2) is 5.75 Å².